The minimum absolute atomic E-state index is 1.12. The third kappa shape index (κ3) is 4.52. The van der Waals surface area contributed by atoms with Crippen molar-refractivity contribution >= 4 is 49.4 Å². The molecular weight excluding hydrogens is 518 g/mol. The van der Waals surface area contributed by atoms with Gasteiger partial charge in [0.1, 0.15) is 0 Å². The van der Waals surface area contributed by atoms with E-state index in [0.717, 1.165) is 11.4 Å². The molecule has 0 spiro atoms. The van der Waals surface area contributed by atoms with Crippen LogP contribution in [0.15, 0.2) is 176 Å². The summed E-state index contributed by atoms with van der Waals surface area (Å²) in [5.74, 6) is 0. The number of hydrogen-bond donors (Lipinski definition) is 0. The molecule has 0 unspecified atom stereocenters. The van der Waals surface area contributed by atoms with Crippen molar-refractivity contribution in [3.05, 3.63) is 176 Å². The van der Waals surface area contributed by atoms with Crippen LogP contribution in [-0.4, -0.2) is 0 Å². The van der Waals surface area contributed by atoms with Gasteiger partial charge in [-0.1, -0.05) is 146 Å². The molecule has 1 heteroatoms. The van der Waals surface area contributed by atoms with E-state index in [1.54, 1.807) is 0 Å². The van der Waals surface area contributed by atoms with Gasteiger partial charge in [-0.2, -0.15) is 0 Å². The first-order valence-corrected chi connectivity index (χ1v) is 14.8. The van der Waals surface area contributed by atoms with E-state index in [1.165, 1.54) is 60.3 Å². The predicted molar refractivity (Wildman–Crippen MR) is 185 cm³/mol. The molecule has 0 amide bonds. The van der Waals surface area contributed by atoms with Crippen LogP contribution in [0.5, 0.6) is 0 Å². The molecule has 0 atom stereocenters. The van der Waals surface area contributed by atoms with Crippen molar-refractivity contribution in [1.29, 1.82) is 0 Å². The fourth-order valence-electron chi connectivity index (χ4n) is 6.33. The molecule has 202 valence electrons. The molecule has 0 aliphatic heterocycles. The highest BCUT2D eigenvalue weighted by Crippen LogP contribution is 2.45. The Labute approximate surface area is 251 Å². The van der Waals surface area contributed by atoms with Gasteiger partial charge in [0.15, 0.2) is 0 Å². The fraction of sp³-hybridized carbons (Fsp3) is 0. The molecule has 1 nitrogen and oxygen atoms in total. The van der Waals surface area contributed by atoms with Crippen molar-refractivity contribution in [2.45, 2.75) is 0 Å². The summed E-state index contributed by atoms with van der Waals surface area (Å²) in [6.45, 7) is 0. The van der Waals surface area contributed by atoms with Gasteiger partial charge in [-0.25, -0.2) is 0 Å². The molecule has 0 aliphatic carbocycles. The van der Waals surface area contributed by atoms with E-state index < -0.39 is 0 Å². The zero-order valence-electron chi connectivity index (χ0n) is 23.7. The van der Waals surface area contributed by atoms with Crippen molar-refractivity contribution < 1.29 is 0 Å². The summed E-state index contributed by atoms with van der Waals surface area (Å²) < 4.78 is 0. The average molecular weight is 548 g/mol. The minimum Gasteiger partial charge on any atom is -0.310 e. The Balaban J connectivity index is 1.39. The summed E-state index contributed by atoms with van der Waals surface area (Å²) in [6.07, 6.45) is 0. The van der Waals surface area contributed by atoms with Crippen LogP contribution in [0, 0.1) is 0 Å². The van der Waals surface area contributed by atoms with Crippen LogP contribution in [0.3, 0.4) is 0 Å². The van der Waals surface area contributed by atoms with Crippen LogP contribution in [0.1, 0.15) is 0 Å². The lowest BCUT2D eigenvalue weighted by Gasteiger charge is -2.28. The standard InChI is InChI=1S/C42H29N/c1-3-11-30(12-4-1)32-19-24-36(25-20-32)43(37-26-21-33(22-27-37)31-13-5-2-6-14-31)41-29-35-16-8-9-17-38(35)40-28-23-34-15-7-10-18-39(34)42(40)41/h1-29H. The fourth-order valence-corrected chi connectivity index (χ4v) is 6.33. The van der Waals surface area contributed by atoms with Gasteiger partial charge in [-0.3, -0.25) is 0 Å². The molecule has 8 aromatic rings. The smallest absolute Gasteiger partial charge is 0.0552 e. The summed E-state index contributed by atoms with van der Waals surface area (Å²) in [5.41, 5.74) is 8.26. The Bertz CT molecular complexity index is 2120. The molecule has 0 fully saturated rings. The van der Waals surface area contributed by atoms with Crippen LogP contribution >= 0.6 is 0 Å². The number of benzene rings is 8. The van der Waals surface area contributed by atoms with Crippen molar-refractivity contribution in [3.63, 3.8) is 0 Å². The van der Waals surface area contributed by atoms with E-state index in [4.69, 9.17) is 0 Å². The number of rotatable bonds is 5. The van der Waals surface area contributed by atoms with Crippen LogP contribution in [0.25, 0.3) is 54.6 Å². The van der Waals surface area contributed by atoms with Crippen molar-refractivity contribution in [2.75, 3.05) is 4.90 Å². The second kappa shape index (κ2) is 10.6. The molecule has 0 saturated carbocycles. The number of hydrogen-bond acceptors (Lipinski definition) is 1. The zero-order chi connectivity index (χ0) is 28.6. The summed E-state index contributed by atoms with van der Waals surface area (Å²) in [4.78, 5) is 2.42. The van der Waals surface area contributed by atoms with Gasteiger partial charge in [0.05, 0.1) is 5.69 Å². The molecule has 0 heterocycles. The van der Waals surface area contributed by atoms with Gasteiger partial charge in [-0.05, 0) is 79.5 Å². The maximum Gasteiger partial charge on any atom is 0.0552 e. The molecule has 0 N–H and O–H groups in total. The molecule has 0 saturated heterocycles. The molecule has 0 aliphatic rings. The maximum absolute atomic E-state index is 2.42. The summed E-state index contributed by atoms with van der Waals surface area (Å²) in [5, 5.41) is 7.52. The van der Waals surface area contributed by atoms with Crippen molar-refractivity contribution in [1.82, 2.24) is 0 Å². The lowest BCUT2D eigenvalue weighted by Crippen LogP contribution is -2.11. The average Bonchev–Trinajstić information content (AvgIpc) is 3.09. The van der Waals surface area contributed by atoms with E-state index in [0.29, 0.717) is 0 Å². The largest absolute Gasteiger partial charge is 0.310 e. The van der Waals surface area contributed by atoms with Gasteiger partial charge in [0.2, 0.25) is 0 Å². The minimum atomic E-state index is 1.12. The van der Waals surface area contributed by atoms with Gasteiger partial charge < -0.3 is 4.90 Å². The molecule has 0 aromatic heterocycles. The van der Waals surface area contributed by atoms with Gasteiger partial charge in [0.25, 0.3) is 0 Å². The third-order valence-electron chi connectivity index (χ3n) is 8.43. The lowest BCUT2D eigenvalue weighted by atomic mass is 9.94. The topological polar surface area (TPSA) is 3.24 Å². The molecule has 0 radical (unpaired) electrons. The quantitative estimate of drug-likeness (QED) is 0.194. The van der Waals surface area contributed by atoms with E-state index in [9.17, 15) is 0 Å². The number of anilines is 3. The predicted octanol–water partition coefficient (Wildman–Crippen LogP) is 11.9. The van der Waals surface area contributed by atoms with Gasteiger partial charge in [0, 0.05) is 16.8 Å². The monoisotopic (exact) mass is 547 g/mol. The summed E-state index contributed by atoms with van der Waals surface area (Å²) >= 11 is 0. The van der Waals surface area contributed by atoms with Gasteiger partial charge >= 0.3 is 0 Å². The van der Waals surface area contributed by atoms with Crippen LogP contribution in [0.4, 0.5) is 17.1 Å². The Hall–Kier alpha value is -5.66. The van der Waals surface area contributed by atoms with Crippen LogP contribution < -0.4 is 4.90 Å². The molecule has 43 heavy (non-hydrogen) atoms. The van der Waals surface area contributed by atoms with Crippen molar-refractivity contribution in [2.24, 2.45) is 0 Å². The first-order chi connectivity index (χ1) is 21.3. The highest BCUT2D eigenvalue weighted by atomic mass is 15.1. The Morgan fingerprint density at radius 1 is 0.302 bits per heavy atom. The normalized spacial score (nSPS) is 11.3. The third-order valence-corrected chi connectivity index (χ3v) is 8.43. The first kappa shape index (κ1) is 25.1. The zero-order valence-corrected chi connectivity index (χ0v) is 23.7. The first-order valence-electron chi connectivity index (χ1n) is 14.8. The highest BCUT2D eigenvalue weighted by Gasteiger charge is 2.19. The number of nitrogens with zero attached hydrogens (tertiary/aromatic N) is 1. The molecular formula is C42H29N. The van der Waals surface area contributed by atoms with E-state index >= 15 is 0 Å². The Morgan fingerprint density at radius 2 is 0.767 bits per heavy atom. The summed E-state index contributed by atoms with van der Waals surface area (Å²) in [6, 6.07) is 63.5. The molecule has 8 rings (SSSR count). The van der Waals surface area contributed by atoms with Crippen LogP contribution in [-0.2, 0) is 0 Å². The summed E-state index contributed by atoms with van der Waals surface area (Å²) in [7, 11) is 0. The Morgan fingerprint density at radius 3 is 1.35 bits per heavy atom. The second-order valence-electron chi connectivity index (χ2n) is 11.0. The second-order valence-corrected chi connectivity index (χ2v) is 11.0. The van der Waals surface area contributed by atoms with Crippen LogP contribution in [0.2, 0.25) is 0 Å². The maximum atomic E-state index is 2.42. The SMILES string of the molecule is c1ccc(-c2ccc(N(c3ccc(-c4ccccc4)cc3)c3cc4ccccc4c4ccc5ccccc5c34)cc2)cc1. The Kier molecular flexibility index (Phi) is 6.20. The van der Waals surface area contributed by atoms with E-state index in [1.807, 2.05) is 0 Å². The molecule has 0 bridgehead atoms. The van der Waals surface area contributed by atoms with E-state index in [-0.39, 0.29) is 0 Å². The van der Waals surface area contributed by atoms with Crippen molar-refractivity contribution in [3.8, 4) is 22.3 Å². The van der Waals surface area contributed by atoms with E-state index in [2.05, 4.69) is 181 Å². The van der Waals surface area contributed by atoms with Gasteiger partial charge in [-0.15, -0.1) is 0 Å². The lowest BCUT2D eigenvalue weighted by molar-refractivity contribution is 1.30. The highest BCUT2D eigenvalue weighted by molar-refractivity contribution is 6.23. The number of fused-ring (bicyclic) bond motifs is 5. The molecule has 8 aromatic carbocycles.